The molecule has 0 aromatic carbocycles. The molecule has 4 nitrogen and oxygen atoms in total. The largest absolute Gasteiger partial charge is 0.376 e. The van der Waals surface area contributed by atoms with Crippen molar-refractivity contribution in [3.63, 3.8) is 0 Å². The van der Waals surface area contributed by atoms with Crippen LogP contribution in [0.4, 0.5) is 0 Å². The fourth-order valence-electron chi connectivity index (χ4n) is 4.54. The van der Waals surface area contributed by atoms with E-state index >= 15 is 0 Å². The summed E-state index contributed by atoms with van der Waals surface area (Å²) in [6.07, 6.45) is 5.52. The maximum Gasteiger partial charge on any atom is 0.226 e. The summed E-state index contributed by atoms with van der Waals surface area (Å²) in [5.74, 6) is 2.57. The summed E-state index contributed by atoms with van der Waals surface area (Å²) in [6, 6.07) is 0. The number of fused-ring (bicyclic) bond motifs is 1. The third-order valence-electron chi connectivity index (χ3n) is 6.12. The quantitative estimate of drug-likeness (QED) is 0.792. The van der Waals surface area contributed by atoms with Crippen molar-refractivity contribution in [3.05, 3.63) is 0 Å². The second-order valence-electron chi connectivity index (χ2n) is 7.72. The number of nitrogens with zero attached hydrogens (tertiary/aromatic N) is 2. The summed E-state index contributed by atoms with van der Waals surface area (Å²) in [5, 5.41) is 0. The van der Waals surface area contributed by atoms with Gasteiger partial charge in [-0.3, -0.25) is 4.79 Å². The molecule has 3 heterocycles. The molecule has 21 heavy (non-hydrogen) atoms. The van der Waals surface area contributed by atoms with Gasteiger partial charge < -0.3 is 14.5 Å². The minimum atomic E-state index is 0.317. The van der Waals surface area contributed by atoms with Crippen LogP contribution in [0.3, 0.4) is 0 Å². The lowest BCUT2D eigenvalue weighted by Gasteiger charge is -2.30. The van der Waals surface area contributed by atoms with Crippen molar-refractivity contribution < 1.29 is 9.53 Å². The number of ether oxygens (including phenoxy) is 1. The molecule has 118 valence electrons. The summed E-state index contributed by atoms with van der Waals surface area (Å²) in [6.45, 7) is 8.60. The second-order valence-corrected chi connectivity index (χ2v) is 7.72. The van der Waals surface area contributed by atoms with E-state index in [1.165, 1.54) is 38.9 Å². The van der Waals surface area contributed by atoms with Gasteiger partial charge in [-0.15, -0.1) is 0 Å². The lowest BCUT2D eigenvalue weighted by atomic mass is 9.92. The number of carbonyl (C=O) groups is 1. The van der Waals surface area contributed by atoms with Gasteiger partial charge in [-0.2, -0.15) is 0 Å². The predicted octanol–water partition coefficient (Wildman–Crippen LogP) is 1.60. The topological polar surface area (TPSA) is 32.8 Å². The van der Waals surface area contributed by atoms with Gasteiger partial charge in [0.05, 0.1) is 12.7 Å². The van der Waals surface area contributed by atoms with Crippen LogP contribution in [0, 0.1) is 23.7 Å². The van der Waals surface area contributed by atoms with Gasteiger partial charge >= 0.3 is 0 Å². The van der Waals surface area contributed by atoms with Crippen LogP contribution in [0.2, 0.25) is 0 Å². The highest BCUT2D eigenvalue weighted by Gasteiger charge is 2.49. The first kappa shape index (κ1) is 14.0. The average Bonchev–Trinajstić information content (AvgIpc) is 2.93. The van der Waals surface area contributed by atoms with Crippen LogP contribution < -0.4 is 0 Å². The van der Waals surface area contributed by atoms with Gasteiger partial charge in [0, 0.05) is 37.4 Å². The van der Waals surface area contributed by atoms with Crippen molar-refractivity contribution >= 4 is 5.91 Å². The lowest BCUT2D eigenvalue weighted by molar-refractivity contribution is -0.132. The van der Waals surface area contributed by atoms with Crippen LogP contribution in [0.15, 0.2) is 0 Å². The summed E-state index contributed by atoms with van der Waals surface area (Å²) in [4.78, 5) is 17.1. The van der Waals surface area contributed by atoms with E-state index in [-0.39, 0.29) is 0 Å². The van der Waals surface area contributed by atoms with Gasteiger partial charge in [-0.25, -0.2) is 0 Å². The zero-order chi connectivity index (χ0) is 14.4. The SMILES string of the molecule is C[C@@H]1C[C@@H]1C(=O)N1C[C@@H]2[C@H](CN3CCCCC3)CO[C@@H]2C1. The number of hydrogen-bond acceptors (Lipinski definition) is 3. The van der Waals surface area contributed by atoms with Crippen molar-refractivity contribution in [2.75, 3.05) is 39.3 Å². The Kier molecular flexibility index (Phi) is 3.70. The summed E-state index contributed by atoms with van der Waals surface area (Å²) in [5.41, 5.74) is 0. The minimum Gasteiger partial charge on any atom is -0.376 e. The Morgan fingerprint density at radius 2 is 1.95 bits per heavy atom. The van der Waals surface area contributed by atoms with Crippen molar-refractivity contribution in [1.29, 1.82) is 0 Å². The molecule has 0 radical (unpaired) electrons. The molecule has 3 saturated heterocycles. The Hall–Kier alpha value is -0.610. The molecule has 3 aliphatic heterocycles. The molecule has 0 bridgehead atoms. The van der Waals surface area contributed by atoms with E-state index in [0.717, 1.165) is 26.1 Å². The summed E-state index contributed by atoms with van der Waals surface area (Å²) in [7, 11) is 0. The molecule has 4 heteroatoms. The van der Waals surface area contributed by atoms with Gasteiger partial charge in [0.25, 0.3) is 0 Å². The standard InChI is InChI=1S/C17H28N2O2/c1-12-7-14(12)17(20)19-9-15-13(11-21-16(15)10-19)8-18-5-3-2-4-6-18/h12-16H,2-11H2,1H3/t12-,13-,14+,15-,16-/m1/s1. The molecule has 0 aromatic rings. The highest BCUT2D eigenvalue weighted by atomic mass is 16.5. The fraction of sp³-hybridized carbons (Fsp3) is 0.941. The number of carbonyl (C=O) groups excluding carboxylic acids is 1. The van der Waals surface area contributed by atoms with Gasteiger partial charge in [-0.05, 0) is 38.3 Å². The monoisotopic (exact) mass is 292 g/mol. The smallest absolute Gasteiger partial charge is 0.226 e. The van der Waals surface area contributed by atoms with Crippen LogP contribution in [0.1, 0.15) is 32.6 Å². The molecule has 0 spiro atoms. The van der Waals surface area contributed by atoms with E-state index in [2.05, 4.69) is 16.7 Å². The predicted molar refractivity (Wildman–Crippen MR) is 80.9 cm³/mol. The number of likely N-dealkylation sites (tertiary alicyclic amines) is 2. The number of amides is 1. The maximum atomic E-state index is 12.4. The Morgan fingerprint density at radius 1 is 1.19 bits per heavy atom. The van der Waals surface area contributed by atoms with Gasteiger partial charge in [0.1, 0.15) is 0 Å². The molecule has 4 rings (SSSR count). The lowest BCUT2D eigenvalue weighted by Crippen LogP contribution is -2.38. The Balaban J connectivity index is 1.33. The first-order chi connectivity index (χ1) is 10.2. The first-order valence-corrected chi connectivity index (χ1v) is 8.85. The van der Waals surface area contributed by atoms with Crippen LogP contribution in [0.5, 0.6) is 0 Å². The first-order valence-electron chi connectivity index (χ1n) is 8.85. The zero-order valence-corrected chi connectivity index (χ0v) is 13.2. The minimum absolute atomic E-state index is 0.317. The van der Waals surface area contributed by atoms with Crippen molar-refractivity contribution in [1.82, 2.24) is 9.80 Å². The van der Waals surface area contributed by atoms with Gasteiger partial charge in [0.15, 0.2) is 0 Å². The molecule has 5 atom stereocenters. The third-order valence-corrected chi connectivity index (χ3v) is 6.12. The molecular formula is C17H28N2O2. The average molecular weight is 292 g/mol. The van der Waals surface area contributed by atoms with Crippen LogP contribution in [-0.2, 0) is 9.53 Å². The van der Waals surface area contributed by atoms with E-state index in [9.17, 15) is 4.79 Å². The third kappa shape index (κ3) is 2.72. The Labute approximate surface area is 127 Å². The van der Waals surface area contributed by atoms with Crippen LogP contribution in [0.25, 0.3) is 0 Å². The molecule has 1 saturated carbocycles. The van der Waals surface area contributed by atoms with Crippen LogP contribution in [-0.4, -0.2) is 61.1 Å². The van der Waals surface area contributed by atoms with Gasteiger partial charge in [0.2, 0.25) is 5.91 Å². The Bertz CT molecular complexity index is 408. The van der Waals surface area contributed by atoms with E-state index in [0.29, 0.717) is 35.7 Å². The highest BCUT2D eigenvalue weighted by Crippen LogP contribution is 2.42. The molecule has 1 amide bonds. The number of rotatable bonds is 3. The van der Waals surface area contributed by atoms with Crippen molar-refractivity contribution in [2.24, 2.45) is 23.7 Å². The molecule has 0 unspecified atom stereocenters. The molecule has 0 N–H and O–H groups in total. The Morgan fingerprint density at radius 3 is 2.67 bits per heavy atom. The van der Waals surface area contributed by atoms with Crippen molar-refractivity contribution in [2.45, 2.75) is 38.7 Å². The van der Waals surface area contributed by atoms with Crippen LogP contribution >= 0.6 is 0 Å². The molecular weight excluding hydrogens is 264 g/mol. The summed E-state index contributed by atoms with van der Waals surface area (Å²) < 4.78 is 6.02. The zero-order valence-electron chi connectivity index (χ0n) is 13.2. The normalized spacial score (nSPS) is 43.1. The van der Waals surface area contributed by atoms with E-state index in [1.807, 2.05) is 0 Å². The van der Waals surface area contributed by atoms with E-state index in [4.69, 9.17) is 4.74 Å². The maximum absolute atomic E-state index is 12.4. The second kappa shape index (κ2) is 5.54. The van der Waals surface area contributed by atoms with E-state index in [1.54, 1.807) is 0 Å². The highest BCUT2D eigenvalue weighted by molar-refractivity contribution is 5.82. The van der Waals surface area contributed by atoms with Gasteiger partial charge in [-0.1, -0.05) is 13.3 Å². The summed E-state index contributed by atoms with van der Waals surface area (Å²) >= 11 is 0. The van der Waals surface area contributed by atoms with Crippen molar-refractivity contribution in [3.8, 4) is 0 Å². The molecule has 1 aliphatic carbocycles. The number of piperidine rings is 1. The molecule has 0 aromatic heterocycles. The number of hydrogen-bond donors (Lipinski definition) is 0. The fourth-order valence-corrected chi connectivity index (χ4v) is 4.54. The van der Waals surface area contributed by atoms with E-state index < -0.39 is 0 Å². The molecule has 4 aliphatic rings. The molecule has 4 fully saturated rings.